The van der Waals surface area contributed by atoms with Gasteiger partial charge in [0.15, 0.2) is 5.96 Å². The number of benzene rings is 1. The van der Waals surface area contributed by atoms with Crippen LogP contribution in [-0.2, 0) is 24.1 Å². The minimum atomic E-state index is 0. The predicted molar refractivity (Wildman–Crippen MR) is 110 cm³/mol. The summed E-state index contributed by atoms with van der Waals surface area (Å²) in [6.45, 7) is 3.51. The highest BCUT2D eigenvalue weighted by Gasteiger charge is 2.20. The summed E-state index contributed by atoms with van der Waals surface area (Å²) in [7, 11) is 1.82. The highest BCUT2D eigenvalue weighted by molar-refractivity contribution is 14.0. The molecule has 0 heterocycles. The minimum absolute atomic E-state index is 0. The first-order chi connectivity index (χ1) is 11.3. The Balaban J connectivity index is 0.00000208. The average molecular weight is 443 g/mol. The van der Waals surface area contributed by atoms with Gasteiger partial charge in [-0.1, -0.05) is 18.2 Å². The van der Waals surface area contributed by atoms with Crippen LogP contribution in [0, 0.1) is 5.92 Å². The Morgan fingerprint density at radius 3 is 2.83 bits per heavy atom. The molecule has 0 spiro atoms. The number of hydrogen-bond donors (Lipinski definition) is 2. The van der Waals surface area contributed by atoms with Crippen LogP contribution in [0.2, 0.25) is 0 Å². The van der Waals surface area contributed by atoms with E-state index in [9.17, 15) is 0 Å². The first-order valence-corrected chi connectivity index (χ1v) is 8.98. The molecule has 2 N–H and O–H groups in total. The van der Waals surface area contributed by atoms with Crippen LogP contribution in [0.5, 0.6) is 0 Å². The first kappa shape index (κ1) is 19.5. The Morgan fingerprint density at radius 1 is 1.21 bits per heavy atom. The molecule has 134 valence electrons. The van der Waals surface area contributed by atoms with Gasteiger partial charge in [0.2, 0.25) is 0 Å². The lowest BCUT2D eigenvalue weighted by molar-refractivity contribution is 0.123. The Hall–Kier alpha value is -0.820. The molecule has 0 atom stereocenters. The van der Waals surface area contributed by atoms with Gasteiger partial charge in [-0.15, -0.1) is 24.0 Å². The van der Waals surface area contributed by atoms with E-state index < -0.39 is 0 Å². The van der Waals surface area contributed by atoms with Crippen molar-refractivity contribution in [3.63, 3.8) is 0 Å². The van der Waals surface area contributed by atoms with Crippen LogP contribution in [0.15, 0.2) is 23.2 Å². The maximum atomic E-state index is 5.64. The number of hydrogen-bond acceptors (Lipinski definition) is 2. The molecule has 5 heteroatoms. The summed E-state index contributed by atoms with van der Waals surface area (Å²) in [5.74, 6) is 1.72. The standard InChI is InChI=1S/C19H29N3O.HI/c1-20-19(21-10-3-11-23-14-15-6-7-15)22-13-16-8-9-17-4-2-5-18(17)12-16;/h8-9,12,15H,2-7,10-11,13-14H2,1H3,(H2,20,21,22);1H. The summed E-state index contributed by atoms with van der Waals surface area (Å²) >= 11 is 0. The molecule has 1 saturated carbocycles. The van der Waals surface area contributed by atoms with E-state index in [1.54, 1.807) is 0 Å². The van der Waals surface area contributed by atoms with Crippen LogP contribution in [-0.4, -0.2) is 32.8 Å². The van der Waals surface area contributed by atoms with Gasteiger partial charge in [-0.25, -0.2) is 0 Å². The SMILES string of the molecule is CN=C(NCCCOCC1CC1)NCc1ccc2c(c1)CCC2.I. The fourth-order valence-electron chi connectivity index (χ4n) is 3.06. The fraction of sp³-hybridized carbons (Fsp3) is 0.632. The summed E-state index contributed by atoms with van der Waals surface area (Å²) in [6, 6.07) is 6.86. The molecule has 0 aliphatic heterocycles. The Morgan fingerprint density at radius 2 is 2.04 bits per heavy atom. The number of aliphatic imine (C=N–C) groups is 1. The van der Waals surface area contributed by atoms with E-state index in [1.807, 2.05) is 7.05 Å². The van der Waals surface area contributed by atoms with Gasteiger partial charge in [0.05, 0.1) is 0 Å². The van der Waals surface area contributed by atoms with E-state index in [-0.39, 0.29) is 24.0 Å². The normalized spacial score (nSPS) is 16.5. The molecule has 24 heavy (non-hydrogen) atoms. The van der Waals surface area contributed by atoms with E-state index in [2.05, 4.69) is 33.8 Å². The van der Waals surface area contributed by atoms with Crippen molar-refractivity contribution in [3.8, 4) is 0 Å². The summed E-state index contributed by atoms with van der Waals surface area (Å²) in [5, 5.41) is 6.75. The minimum Gasteiger partial charge on any atom is -0.381 e. The number of ether oxygens (including phenoxy) is 1. The smallest absolute Gasteiger partial charge is 0.191 e. The van der Waals surface area contributed by atoms with Crippen molar-refractivity contribution >= 4 is 29.9 Å². The third kappa shape index (κ3) is 6.24. The van der Waals surface area contributed by atoms with Crippen molar-refractivity contribution < 1.29 is 4.74 Å². The van der Waals surface area contributed by atoms with Crippen molar-refractivity contribution in [1.82, 2.24) is 10.6 Å². The van der Waals surface area contributed by atoms with Gasteiger partial charge in [0.25, 0.3) is 0 Å². The summed E-state index contributed by atoms with van der Waals surface area (Å²) in [6.07, 6.45) is 7.52. The van der Waals surface area contributed by atoms with E-state index in [0.29, 0.717) is 0 Å². The Bertz CT molecular complexity index is 543. The lowest BCUT2D eigenvalue weighted by atomic mass is 10.1. The molecule has 0 radical (unpaired) electrons. The number of nitrogens with one attached hydrogen (secondary N) is 2. The second-order valence-electron chi connectivity index (χ2n) is 6.68. The lowest BCUT2D eigenvalue weighted by Crippen LogP contribution is -2.37. The fourth-order valence-corrected chi connectivity index (χ4v) is 3.06. The molecule has 2 aliphatic carbocycles. The summed E-state index contributed by atoms with van der Waals surface area (Å²) in [4.78, 5) is 4.29. The molecule has 4 nitrogen and oxygen atoms in total. The van der Waals surface area contributed by atoms with Gasteiger partial charge in [-0.05, 0) is 61.1 Å². The molecule has 1 aromatic rings. The average Bonchev–Trinajstić information content (AvgIpc) is 3.28. The predicted octanol–water partition coefficient (Wildman–Crippen LogP) is 3.28. The van der Waals surface area contributed by atoms with Crippen LogP contribution < -0.4 is 10.6 Å². The third-order valence-electron chi connectivity index (χ3n) is 4.65. The topological polar surface area (TPSA) is 45.7 Å². The zero-order chi connectivity index (χ0) is 15.9. The largest absolute Gasteiger partial charge is 0.381 e. The molecule has 0 saturated heterocycles. The highest BCUT2D eigenvalue weighted by Crippen LogP contribution is 2.28. The maximum Gasteiger partial charge on any atom is 0.191 e. The van der Waals surface area contributed by atoms with Gasteiger partial charge < -0.3 is 15.4 Å². The zero-order valence-electron chi connectivity index (χ0n) is 14.6. The number of aryl methyl sites for hydroxylation is 2. The van der Waals surface area contributed by atoms with Crippen LogP contribution in [0.25, 0.3) is 0 Å². The van der Waals surface area contributed by atoms with Crippen molar-refractivity contribution in [1.29, 1.82) is 0 Å². The Labute approximate surface area is 162 Å². The van der Waals surface area contributed by atoms with Crippen LogP contribution in [0.3, 0.4) is 0 Å². The second-order valence-corrected chi connectivity index (χ2v) is 6.68. The van der Waals surface area contributed by atoms with Gasteiger partial charge in [-0.3, -0.25) is 4.99 Å². The number of rotatable bonds is 8. The molecule has 3 rings (SSSR count). The number of fused-ring (bicyclic) bond motifs is 1. The quantitative estimate of drug-likeness (QED) is 0.281. The number of nitrogens with zero attached hydrogens (tertiary/aromatic N) is 1. The van der Waals surface area contributed by atoms with E-state index >= 15 is 0 Å². The molecule has 1 aromatic carbocycles. The van der Waals surface area contributed by atoms with Crippen LogP contribution in [0.1, 0.15) is 42.4 Å². The second kappa shape index (κ2) is 10.2. The van der Waals surface area contributed by atoms with E-state index in [4.69, 9.17) is 4.74 Å². The lowest BCUT2D eigenvalue weighted by Gasteiger charge is -2.12. The van der Waals surface area contributed by atoms with Gasteiger partial charge >= 0.3 is 0 Å². The zero-order valence-corrected chi connectivity index (χ0v) is 17.0. The van der Waals surface area contributed by atoms with E-state index in [1.165, 1.54) is 48.8 Å². The van der Waals surface area contributed by atoms with Crippen LogP contribution >= 0.6 is 24.0 Å². The number of halogens is 1. The van der Waals surface area contributed by atoms with Gasteiger partial charge in [0.1, 0.15) is 0 Å². The summed E-state index contributed by atoms with van der Waals surface area (Å²) < 4.78 is 5.64. The third-order valence-corrected chi connectivity index (χ3v) is 4.65. The molecular formula is C19H30IN3O. The number of guanidine groups is 1. The molecule has 2 aliphatic rings. The van der Waals surface area contributed by atoms with Crippen LogP contribution in [0.4, 0.5) is 0 Å². The molecular weight excluding hydrogens is 413 g/mol. The van der Waals surface area contributed by atoms with E-state index in [0.717, 1.165) is 44.6 Å². The van der Waals surface area contributed by atoms with Crippen molar-refractivity contribution in [2.75, 3.05) is 26.8 Å². The van der Waals surface area contributed by atoms with Crippen molar-refractivity contribution in [2.45, 2.75) is 45.1 Å². The maximum absolute atomic E-state index is 5.64. The summed E-state index contributed by atoms with van der Waals surface area (Å²) in [5.41, 5.74) is 4.39. The monoisotopic (exact) mass is 443 g/mol. The molecule has 1 fully saturated rings. The molecule has 0 bridgehead atoms. The van der Waals surface area contributed by atoms with Gasteiger partial charge in [-0.2, -0.15) is 0 Å². The highest BCUT2D eigenvalue weighted by atomic mass is 127. The molecule has 0 unspecified atom stereocenters. The first-order valence-electron chi connectivity index (χ1n) is 8.98. The Kier molecular flexibility index (Phi) is 8.32. The molecule has 0 aromatic heterocycles. The molecule has 0 amide bonds. The van der Waals surface area contributed by atoms with Gasteiger partial charge in [0, 0.05) is 33.4 Å². The van der Waals surface area contributed by atoms with Crippen molar-refractivity contribution in [2.24, 2.45) is 10.9 Å². The van der Waals surface area contributed by atoms with Crippen molar-refractivity contribution in [3.05, 3.63) is 34.9 Å².